The van der Waals surface area contributed by atoms with Gasteiger partial charge in [-0.2, -0.15) is 12.7 Å². The number of ether oxygens (including phenoxy) is 4. The minimum absolute atomic E-state index is 0.0105. The average Bonchev–Trinajstić information content (AvgIpc) is 3.19. The van der Waals surface area contributed by atoms with E-state index >= 15 is 4.39 Å². The Kier molecular flexibility index (Phi) is 8.65. The molecule has 9 nitrogen and oxygen atoms in total. The van der Waals surface area contributed by atoms with Crippen molar-refractivity contribution in [3.05, 3.63) is 94.8 Å². The van der Waals surface area contributed by atoms with Crippen LogP contribution in [0.1, 0.15) is 28.7 Å². The molecule has 1 amide bonds. The lowest BCUT2D eigenvalue weighted by atomic mass is 9.88. The Morgan fingerprint density at radius 1 is 0.975 bits per heavy atom. The minimum atomic E-state index is -4.45. The molecule has 0 spiro atoms. The number of aryl methyl sites for hydroxylation is 1. The zero-order valence-corrected chi connectivity index (χ0v) is 22.9. The SMILES string of the molecule is COC1CCc2cc(OCOCc3ccccc3)c(N3CC(=O)N(COCc4ccccc4)S3(=O)=O)c(F)c2C1. The number of benzene rings is 3. The molecule has 1 fully saturated rings. The zero-order valence-electron chi connectivity index (χ0n) is 22.1. The van der Waals surface area contributed by atoms with Crippen LogP contribution in [0.25, 0.3) is 0 Å². The lowest BCUT2D eigenvalue weighted by molar-refractivity contribution is -0.127. The summed E-state index contributed by atoms with van der Waals surface area (Å²) in [6.07, 6.45) is 1.31. The van der Waals surface area contributed by atoms with Crippen molar-refractivity contribution >= 4 is 21.8 Å². The highest BCUT2D eigenvalue weighted by atomic mass is 32.2. The second-order valence-corrected chi connectivity index (χ2v) is 11.4. The molecule has 3 aromatic carbocycles. The normalized spacial score (nSPS) is 18.1. The van der Waals surface area contributed by atoms with Gasteiger partial charge in [-0.3, -0.25) is 4.79 Å². The molecule has 1 atom stereocenters. The molecule has 1 heterocycles. The van der Waals surface area contributed by atoms with Crippen molar-refractivity contribution in [2.24, 2.45) is 0 Å². The van der Waals surface area contributed by atoms with E-state index in [4.69, 9.17) is 18.9 Å². The molecule has 0 radical (unpaired) electrons. The summed E-state index contributed by atoms with van der Waals surface area (Å²) < 4.78 is 67.0. The third-order valence-electron chi connectivity index (χ3n) is 6.99. The number of hydrogen-bond acceptors (Lipinski definition) is 7. The molecule has 11 heteroatoms. The number of nitrogens with zero attached hydrogens (tertiary/aromatic N) is 2. The number of halogens is 1. The van der Waals surface area contributed by atoms with Crippen molar-refractivity contribution in [1.29, 1.82) is 0 Å². The first-order chi connectivity index (χ1) is 19.4. The molecule has 2 aliphatic rings. The van der Waals surface area contributed by atoms with E-state index in [2.05, 4.69) is 0 Å². The maximum atomic E-state index is 16.2. The van der Waals surface area contributed by atoms with Gasteiger partial charge in [0.2, 0.25) is 0 Å². The topological polar surface area (TPSA) is 94.6 Å². The van der Waals surface area contributed by atoms with Gasteiger partial charge in [-0.1, -0.05) is 60.7 Å². The highest BCUT2D eigenvalue weighted by Crippen LogP contribution is 2.42. The zero-order chi connectivity index (χ0) is 28.1. The fourth-order valence-electron chi connectivity index (χ4n) is 4.86. The number of carbonyl (C=O) groups excluding carboxylic acids is 1. The van der Waals surface area contributed by atoms with Gasteiger partial charge in [-0.15, -0.1) is 0 Å². The lowest BCUT2D eigenvalue weighted by Gasteiger charge is -2.28. The van der Waals surface area contributed by atoms with Crippen molar-refractivity contribution in [3.8, 4) is 5.75 Å². The molecule has 3 aromatic rings. The van der Waals surface area contributed by atoms with Crippen LogP contribution in [0.5, 0.6) is 5.75 Å². The number of rotatable bonds is 11. The third-order valence-corrected chi connectivity index (χ3v) is 8.73. The predicted molar refractivity (Wildman–Crippen MR) is 145 cm³/mol. The molecule has 0 N–H and O–H groups in total. The summed E-state index contributed by atoms with van der Waals surface area (Å²) in [6, 6.07) is 20.3. The standard InChI is InChI=1S/C29H31FN2O7S/c1-36-24-13-12-23-14-26(39-20-38-18-22-10-6-3-7-11-22)29(28(30)25(23)15-24)31-16-27(33)32(40(31,34)35)19-37-17-21-8-4-2-5-9-21/h2-11,14,24H,12-13,15-20H2,1H3. The van der Waals surface area contributed by atoms with Gasteiger partial charge in [-0.25, -0.2) is 8.70 Å². The Labute approximate surface area is 233 Å². The maximum absolute atomic E-state index is 16.2. The molecule has 1 aliphatic heterocycles. The van der Waals surface area contributed by atoms with Gasteiger partial charge in [0.25, 0.3) is 5.91 Å². The summed E-state index contributed by atoms with van der Waals surface area (Å²) >= 11 is 0. The van der Waals surface area contributed by atoms with Gasteiger partial charge >= 0.3 is 10.2 Å². The van der Waals surface area contributed by atoms with E-state index in [9.17, 15) is 13.2 Å². The van der Waals surface area contributed by atoms with Gasteiger partial charge < -0.3 is 18.9 Å². The molecule has 212 valence electrons. The summed E-state index contributed by atoms with van der Waals surface area (Å²) in [6.45, 7) is -0.958. The smallest absolute Gasteiger partial charge is 0.331 e. The fraction of sp³-hybridized carbons (Fsp3) is 0.345. The highest BCUT2D eigenvalue weighted by Gasteiger charge is 2.46. The van der Waals surface area contributed by atoms with E-state index in [1.54, 1.807) is 13.2 Å². The number of amides is 1. The second kappa shape index (κ2) is 12.3. The largest absolute Gasteiger partial charge is 0.465 e. The Morgan fingerprint density at radius 3 is 2.27 bits per heavy atom. The van der Waals surface area contributed by atoms with Crippen molar-refractivity contribution in [2.75, 3.05) is 31.5 Å². The Bertz CT molecular complexity index is 1440. The molecule has 0 bridgehead atoms. The number of anilines is 1. The highest BCUT2D eigenvalue weighted by molar-refractivity contribution is 7.91. The van der Waals surface area contributed by atoms with Crippen LogP contribution in [0.3, 0.4) is 0 Å². The summed E-state index contributed by atoms with van der Waals surface area (Å²) in [5.41, 5.74) is 2.49. The van der Waals surface area contributed by atoms with E-state index < -0.39 is 35.2 Å². The van der Waals surface area contributed by atoms with Crippen LogP contribution in [-0.2, 0) is 55.3 Å². The molecule has 1 unspecified atom stereocenters. The van der Waals surface area contributed by atoms with Crippen LogP contribution in [0, 0.1) is 5.82 Å². The van der Waals surface area contributed by atoms with Gasteiger partial charge in [0.1, 0.15) is 24.7 Å². The van der Waals surface area contributed by atoms with Crippen molar-refractivity contribution in [3.63, 3.8) is 0 Å². The van der Waals surface area contributed by atoms with Gasteiger partial charge in [-0.05, 0) is 41.2 Å². The summed E-state index contributed by atoms with van der Waals surface area (Å²) in [5, 5.41) is 0. The van der Waals surface area contributed by atoms with Crippen LogP contribution in [0.4, 0.5) is 10.1 Å². The Morgan fingerprint density at radius 2 is 1.62 bits per heavy atom. The van der Waals surface area contributed by atoms with E-state index in [0.717, 1.165) is 15.4 Å². The van der Waals surface area contributed by atoms with Crippen LogP contribution in [0.2, 0.25) is 0 Å². The van der Waals surface area contributed by atoms with E-state index in [0.29, 0.717) is 28.3 Å². The van der Waals surface area contributed by atoms with Crippen molar-refractivity contribution < 1.29 is 36.6 Å². The summed E-state index contributed by atoms with van der Waals surface area (Å²) in [4.78, 5) is 12.9. The molecular weight excluding hydrogens is 539 g/mol. The van der Waals surface area contributed by atoms with Gasteiger partial charge in [0.15, 0.2) is 12.6 Å². The van der Waals surface area contributed by atoms with Crippen molar-refractivity contribution in [2.45, 2.75) is 38.6 Å². The molecule has 0 saturated carbocycles. The van der Waals surface area contributed by atoms with Crippen LogP contribution in [-0.4, -0.2) is 51.9 Å². The maximum Gasteiger partial charge on any atom is 0.331 e. The van der Waals surface area contributed by atoms with E-state index in [1.807, 2.05) is 60.7 Å². The number of carbonyl (C=O) groups is 1. The molecule has 40 heavy (non-hydrogen) atoms. The number of methoxy groups -OCH3 is 1. The minimum Gasteiger partial charge on any atom is -0.465 e. The molecular formula is C29H31FN2O7S. The molecule has 0 aromatic heterocycles. The summed E-state index contributed by atoms with van der Waals surface area (Å²) in [7, 11) is -2.89. The molecule has 5 rings (SSSR count). The Hall–Kier alpha value is -3.51. The first kappa shape index (κ1) is 28.0. The third kappa shape index (κ3) is 5.97. The van der Waals surface area contributed by atoms with Crippen molar-refractivity contribution in [1.82, 2.24) is 4.31 Å². The van der Waals surface area contributed by atoms with Crippen LogP contribution >= 0.6 is 0 Å². The lowest BCUT2D eigenvalue weighted by Crippen LogP contribution is -2.36. The predicted octanol–water partition coefficient (Wildman–Crippen LogP) is 3.95. The van der Waals surface area contributed by atoms with E-state index in [-0.39, 0.29) is 44.0 Å². The number of fused-ring (bicyclic) bond motifs is 1. The Balaban J connectivity index is 1.39. The van der Waals surface area contributed by atoms with Gasteiger partial charge in [0.05, 0.1) is 19.3 Å². The van der Waals surface area contributed by atoms with Gasteiger partial charge in [0, 0.05) is 13.5 Å². The molecule has 1 aliphatic carbocycles. The first-order valence-electron chi connectivity index (χ1n) is 12.9. The van der Waals surface area contributed by atoms with E-state index in [1.165, 1.54) is 0 Å². The monoisotopic (exact) mass is 570 g/mol. The second-order valence-electron chi connectivity index (χ2n) is 9.59. The van der Waals surface area contributed by atoms with Crippen LogP contribution in [0.15, 0.2) is 66.7 Å². The number of hydrogen-bond donors (Lipinski definition) is 0. The van der Waals surface area contributed by atoms with Crippen LogP contribution < -0.4 is 9.04 Å². The fourth-order valence-corrected chi connectivity index (χ4v) is 6.30. The quantitative estimate of drug-likeness (QED) is 0.255. The molecule has 1 saturated heterocycles. The summed E-state index contributed by atoms with van der Waals surface area (Å²) in [5.74, 6) is -1.49. The first-order valence-corrected chi connectivity index (χ1v) is 14.3. The average molecular weight is 571 g/mol.